The van der Waals surface area contributed by atoms with E-state index in [1.807, 2.05) is 28.8 Å². The molecule has 22 heavy (non-hydrogen) atoms. The maximum atomic E-state index is 11.3. The Kier molecular flexibility index (Phi) is 5.60. The third-order valence-electron chi connectivity index (χ3n) is 2.92. The van der Waals surface area contributed by atoms with Crippen molar-refractivity contribution in [2.45, 2.75) is 11.7 Å². The van der Waals surface area contributed by atoms with Gasteiger partial charge in [0.25, 0.3) is 0 Å². The summed E-state index contributed by atoms with van der Waals surface area (Å²) in [6.45, 7) is 4.29. The first-order valence-corrected chi connectivity index (χ1v) is 7.57. The second-order valence-corrected chi connectivity index (χ2v) is 5.21. The van der Waals surface area contributed by atoms with Gasteiger partial charge in [-0.2, -0.15) is 0 Å². The molecule has 7 heteroatoms. The lowest BCUT2D eigenvalue weighted by Crippen LogP contribution is -2.06. The highest BCUT2D eigenvalue weighted by Crippen LogP contribution is 2.30. The van der Waals surface area contributed by atoms with Crippen LogP contribution in [0.5, 0.6) is 5.75 Å². The van der Waals surface area contributed by atoms with Crippen molar-refractivity contribution in [3.05, 3.63) is 36.9 Å². The Bertz CT molecular complexity index is 670. The summed E-state index contributed by atoms with van der Waals surface area (Å²) < 4.78 is 11.9. The highest BCUT2D eigenvalue weighted by Gasteiger charge is 2.17. The molecule has 0 spiro atoms. The third kappa shape index (κ3) is 3.48. The molecule has 0 saturated heterocycles. The van der Waals surface area contributed by atoms with Crippen molar-refractivity contribution >= 4 is 17.7 Å². The minimum atomic E-state index is -0.308. The number of esters is 1. The van der Waals surface area contributed by atoms with Gasteiger partial charge in [0, 0.05) is 6.54 Å². The van der Waals surface area contributed by atoms with Crippen LogP contribution in [0.1, 0.15) is 0 Å². The van der Waals surface area contributed by atoms with E-state index in [2.05, 4.69) is 21.5 Å². The highest BCUT2D eigenvalue weighted by atomic mass is 32.2. The first kappa shape index (κ1) is 16.1. The summed E-state index contributed by atoms with van der Waals surface area (Å²) in [7, 11) is 2.97. The molecule has 0 aliphatic carbocycles. The number of rotatable bonds is 7. The molecule has 0 aliphatic rings. The molecule has 0 N–H and O–H groups in total. The molecular weight excluding hydrogens is 302 g/mol. The van der Waals surface area contributed by atoms with E-state index < -0.39 is 0 Å². The molecule has 0 amide bonds. The molecule has 0 bridgehead atoms. The quantitative estimate of drug-likeness (QED) is 0.443. The van der Waals surface area contributed by atoms with E-state index in [1.165, 1.54) is 18.9 Å². The number of aromatic nitrogens is 3. The fourth-order valence-electron chi connectivity index (χ4n) is 1.90. The van der Waals surface area contributed by atoms with Crippen molar-refractivity contribution in [1.82, 2.24) is 14.8 Å². The van der Waals surface area contributed by atoms with Gasteiger partial charge in [-0.3, -0.25) is 9.36 Å². The average molecular weight is 319 g/mol. The van der Waals surface area contributed by atoms with Gasteiger partial charge >= 0.3 is 5.97 Å². The first-order valence-electron chi connectivity index (χ1n) is 6.58. The largest absolute Gasteiger partial charge is 0.496 e. The monoisotopic (exact) mass is 319 g/mol. The van der Waals surface area contributed by atoms with Crippen LogP contribution < -0.4 is 4.74 Å². The van der Waals surface area contributed by atoms with E-state index in [4.69, 9.17) is 4.74 Å². The number of thioether (sulfide) groups is 1. The van der Waals surface area contributed by atoms with Crippen LogP contribution in [-0.4, -0.2) is 40.7 Å². The van der Waals surface area contributed by atoms with Crippen LogP contribution >= 0.6 is 11.8 Å². The summed E-state index contributed by atoms with van der Waals surface area (Å²) in [5.41, 5.74) is 0.837. The Labute approximate surface area is 133 Å². The van der Waals surface area contributed by atoms with Crippen molar-refractivity contribution in [3.8, 4) is 17.1 Å². The molecule has 1 aromatic carbocycles. The molecule has 1 aromatic heterocycles. The number of carbonyl (C=O) groups is 1. The Morgan fingerprint density at radius 1 is 1.36 bits per heavy atom. The standard InChI is InChI=1S/C15H17N3O3S/c1-4-9-18-14(11-7-5-6-8-12(11)20-2)16-17-15(18)22-10-13(19)21-3/h4-8H,1,9-10H2,2-3H3. The number of hydrogen-bond donors (Lipinski definition) is 0. The molecule has 6 nitrogen and oxygen atoms in total. The summed E-state index contributed by atoms with van der Waals surface area (Å²) in [6, 6.07) is 7.58. The molecule has 1 heterocycles. The van der Waals surface area contributed by atoms with Gasteiger partial charge in [0.2, 0.25) is 0 Å². The third-order valence-corrected chi connectivity index (χ3v) is 3.86. The van der Waals surface area contributed by atoms with Gasteiger partial charge in [0.1, 0.15) is 5.75 Å². The zero-order chi connectivity index (χ0) is 15.9. The summed E-state index contributed by atoms with van der Waals surface area (Å²) in [4.78, 5) is 11.3. The lowest BCUT2D eigenvalue weighted by Gasteiger charge is -2.10. The van der Waals surface area contributed by atoms with Gasteiger partial charge in [-0.15, -0.1) is 16.8 Å². The summed E-state index contributed by atoms with van der Waals surface area (Å²) in [5.74, 6) is 1.25. The topological polar surface area (TPSA) is 66.2 Å². The molecular formula is C15H17N3O3S. The first-order chi connectivity index (χ1) is 10.7. The highest BCUT2D eigenvalue weighted by molar-refractivity contribution is 7.99. The maximum Gasteiger partial charge on any atom is 0.316 e. The van der Waals surface area contributed by atoms with Crippen LogP contribution in [0, 0.1) is 0 Å². The zero-order valence-electron chi connectivity index (χ0n) is 12.5. The van der Waals surface area contributed by atoms with Crippen molar-refractivity contribution < 1.29 is 14.3 Å². The summed E-state index contributed by atoms with van der Waals surface area (Å²) in [5, 5.41) is 9.02. The SMILES string of the molecule is C=CCn1c(SCC(=O)OC)nnc1-c1ccccc1OC. The lowest BCUT2D eigenvalue weighted by molar-refractivity contribution is -0.137. The van der Waals surface area contributed by atoms with Gasteiger partial charge in [0.05, 0.1) is 25.5 Å². The van der Waals surface area contributed by atoms with Crippen LogP contribution in [0.15, 0.2) is 42.1 Å². The Balaban J connectivity index is 2.37. The van der Waals surface area contributed by atoms with Crippen LogP contribution in [0.2, 0.25) is 0 Å². The summed E-state index contributed by atoms with van der Waals surface area (Å²) in [6.07, 6.45) is 1.75. The molecule has 0 fully saturated rings. The fraction of sp³-hybridized carbons (Fsp3) is 0.267. The lowest BCUT2D eigenvalue weighted by atomic mass is 10.2. The van der Waals surface area contributed by atoms with Crippen molar-refractivity contribution in [3.63, 3.8) is 0 Å². The maximum absolute atomic E-state index is 11.3. The number of nitrogens with zero attached hydrogens (tertiary/aromatic N) is 3. The van der Waals surface area contributed by atoms with E-state index in [0.29, 0.717) is 23.3 Å². The number of para-hydroxylation sites is 1. The molecule has 0 saturated carbocycles. The molecule has 0 radical (unpaired) electrons. The van der Waals surface area contributed by atoms with Crippen LogP contribution in [0.3, 0.4) is 0 Å². The molecule has 0 atom stereocenters. The zero-order valence-corrected chi connectivity index (χ0v) is 13.3. The fourth-order valence-corrected chi connectivity index (χ4v) is 2.68. The van der Waals surface area contributed by atoms with E-state index in [1.54, 1.807) is 13.2 Å². The predicted molar refractivity (Wildman–Crippen MR) is 84.9 cm³/mol. The van der Waals surface area contributed by atoms with E-state index in [9.17, 15) is 4.79 Å². The molecule has 116 valence electrons. The number of allylic oxidation sites excluding steroid dienone is 1. The number of hydrogen-bond acceptors (Lipinski definition) is 6. The number of methoxy groups -OCH3 is 2. The van der Waals surface area contributed by atoms with Gasteiger partial charge in [0.15, 0.2) is 11.0 Å². The van der Waals surface area contributed by atoms with E-state index in [0.717, 1.165) is 5.56 Å². The molecule has 0 aliphatic heterocycles. The molecule has 0 unspecified atom stereocenters. The normalized spacial score (nSPS) is 10.3. The second-order valence-electron chi connectivity index (χ2n) is 4.27. The Morgan fingerprint density at radius 3 is 2.82 bits per heavy atom. The van der Waals surface area contributed by atoms with Gasteiger partial charge in [-0.05, 0) is 12.1 Å². The van der Waals surface area contributed by atoms with E-state index in [-0.39, 0.29) is 11.7 Å². The van der Waals surface area contributed by atoms with Gasteiger partial charge in [-0.25, -0.2) is 0 Å². The number of carbonyl (C=O) groups excluding carboxylic acids is 1. The van der Waals surface area contributed by atoms with Gasteiger partial charge < -0.3 is 9.47 Å². The van der Waals surface area contributed by atoms with Crippen LogP contribution in [0.25, 0.3) is 11.4 Å². The van der Waals surface area contributed by atoms with Crippen LogP contribution in [0.4, 0.5) is 0 Å². The minimum absolute atomic E-state index is 0.178. The second kappa shape index (κ2) is 7.65. The molecule has 2 aromatic rings. The Morgan fingerprint density at radius 2 is 2.14 bits per heavy atom. The van der Waals surface area contributed by atoms with Crippen molar-refractivity contribution in [2.75, 3.05) is 20.0 Å². The number of benzene rings is 1. The van der Waals surface area contributed by atoms with E-state index >= 15 is 0 Å². The van der Waals surface area contributed by atoms with Crippen molar-refractivity contribution in [2.24, 2.45) is 0 Å². The van der Waals surface area contributed by atoms with Crippen LogP contribution in [-0.2, 0) is 16.1 Å². The predicted octanol–water partition coefficient (Wildman–Crippen LogP) is 2.40. The smallest absolute Gasteiger partial charge is 0.316 e. The minimum Gasteiger partial charge on any atom is -0.496 e. The Hall–Kier alpha value is -2.28. The van der Waals surface area contributed by atoms with Crippen molar-refractivity contribution in [1.29, 1.82) is 0 Å². The molecule has 2 rings (SSSR count). The summed E-state index contributed by atoms with van der Waals surface area (Å²) >= 11 is 1.27. The average Bonchev–Trinajstić information content (AvgIpc) is 2.95. The number of ether oxygens (including phenoxy) is 2. The van der Waals surface area contributed by atoms with Gasteiger partial charge in [-0.1, -0.05) is 30.0 Å².